The quantitative estimate of drug-likeness (QED) is 0.345. The Morgan fingerprint density at radius 1 is 0.448 bits per heavy atom. The molecule has 0 aliphatic carbocycles. The topological polar surface area (TPSA) is 32.9 Å². The van der Waals surface area contributed by atoms with Gasteiger partial charge in [-0.05, 0) is 0 Å². The minimum Gasteiger partial charge on any atom is -0.366 e. The fourth-order valence-electron chi connectivity index (χ4n) is 2.54. The lowest BCUT2D eigenvalue weighted by atomic mass is 9.99. The third-order valence-corrected chi connectivity index (χ3v) is 3.90. The molecule has 0 saturated heterocycles. The second-order valence-electron chi connectivity index (χ2n) is 5.50. The first-order valence-electron chi connectivity index (χ1n) is 7.25. The van der Waals surface area contributed by atoms with E-state index in [1.54, 1.807) is 0 Å². The zero-order valence-electron chi connectivity index (χ0n) is 13.3. The molecule has 3 rings (SSSR count). The molecule has 0 atom stereocenters. The summed E-state index contributed by atoms with van der Waals surface area (Å²) in [6, 6.07) is 0. The van der Waals surface area contributed by atoms with E-state index in [1.807, 2.05) is 4.98 Å². The molecule has 0 aliphatic heterocycles. The molecule has 1 N–H and O–H groups in total. The van der Waals surface area contributed by atoms with Crippen molar-refractivity contribution in [1.29, 1.82) is 0 Å². The molecule has 0 aliphatic rings. The van der Waals surface area contributed by atoms with Gasteiger partial charge in [0.05, 0.1) is 22.3 Å². The Hall–Kier alpha value is -3.31. The average molecular weight is 427 g/mol. The van der Waals surface area contributed by atoms with E-state index in [9.17, 15) is 48.7 Å². The number of benzene rings is 2. The molecule has 12 heteroatoms. The van der Waals surface area contributed by atoms with Gasteiger partial charge in [-0.2, -0.15) is 0 Å². The molecule has 2 aromatic carbocycles. The molecule has 0 bridgehead atoms. The zero-order valence-corrected chi connectivity index (χ0v) is 13.3. The van der Waals surface area contributed by atoms with Crippen molar-refractivity contribution < 1.29 is 43.9 Å². The van der Waals surface area contributed by atoms with Gasteiger partial charge in [-0.15, -0.1) is 0 Å². The van der Waals surface area contributed by atoms with Crippen LogP contribution in [-0.2, 0) is 0 Å². The van der Waals surface area contributed by atoms with E-state index >= 15 is 0 Å². The molecule has 152 valence electrons. The van der Waals surface area contributed by atoms with E-state index in [4.69, 9.17) is 0 Å². The zero-order chi connectivity index (χ0) is 21.8. The van der Waals surface area contributed by atoms with Crippen molar-refractivity contribution in [3.63, 3.8) is 0 Å². The molecule has 0 unspecified atom stereocenters. The fraction of sp³-hybridized carbons (Fsp3) is 0. The highest BCUT2D eigenvalue weighted by Crippen LogP contribution is 2.33. The third kappa shape index (κ3) is 2.86. The highest BCUT2D eigenvalue weighted by molar-refractivity contribution is 5.73. The molecule has 0 spiro atoms. The van der Waals surface area contributed by atoms with E-state index in [2.05, 4.69) is 0 Å². The van der Waals surface area contributed by atoms with E-state index in [-0.39, 0.29) is 0 Å². The van der Waals surface area contributed by atoms with Crippen molar-refractivity contribution in [2.45, 2.75) is 0 Å². The van der Waals surface area contributed by atoms with Crippen LogP contribution >= 0.6 is 0 Å². The molecule has 29 heavy (non-hydrogen) atoms. The number of pyridine rings is 1. The maximum atomic E-state index is 14.0. The van der Waals surface area contributed by atoms with Gasteiger partial charge < -0.3 is 4.98 Å². The van der Waals surface area contributed by atoms with Crippen molar-refractivity contribution in [3.05, 3.63) is 80.8 Å². The summed E-state index contributed by atoms with van der Waals surface area (Å²) in [7, 11) is 0. The number of aromatic amines is 1. The maximum absolute atomic E-state index is 14.0. The minimum absolute atomic E-state index is 0.427. The van der Waals surface area contributed by atoms with Crippen LogP contribution in [0.2, 0.25) is 0 Å². The summed E-state index contributed by atoms with van der Waals surface area (Å²) >= 11 is 0. The number of aromatic nitrogens is 1. The van der Waals surface area contributed by atoms with Crippen LogP contribution in [-0.4, -0.2) is 4.98 Å². The molecule has 3 aromatic rings. The lowest BCUT2D eigenvalue weighted by Gasteiger charge is -2.11. The van der Waals surface area contributed by atoms with Crippen LogP contribution in [0.15, 0.2) is 17.2 Å². The smallest absolute Gasteiger partial charge is 0.200 e. The van der Waals surface area contributed by atoms with Crippen LogP contribution in [0.5, 0.6) is 0 Å². The number of nitrogens with one attached hydrogen (secondary N) is 1. The van der Waals surface area contributed by atoms with E-state index in [0.29, 0.717) is 12.4 Å². The fourth-order valence-corrected chi connectivity index (χ4v) is 2.54. The van der Waals surface area contributed by atoms with Gasteiger partial charge >= 0.3 is 0 Å². The lowest BCUT2D eigenvalue weighted by Crippen LogP contribution is -2.15. The average Bonchev–Trinajstić information content (AvgIpc) is 2.70. The Labute approximate surface area is 153 Å². The first kappa shape index (κ1) is 20.4. The van der Waals surface area contributed by atoms with Gasteiger partial charge in [0.1, 0.15) is 0 Å². The van der Waals surface area contributed by atoms with Crippen LogP contribution < -0.4 is 5.43 Å². The Morgan fingerprint density at radius 2 is 0.690 bits per heavy atom. The molecular weight excluding hydrogens is 424 g/mol. The molecule has 0 saturated carbocycles. The Bertz CT molecular complexity index is 1090. The van der Waals surface area contributed by atoms with Crippen molar-refractivity contribution >= 4 is 0 Å². The normalized spacial score (nSPS) is 11.2. The number of halogens is 10. The maximum Gasteiger partial charge on any atom is 0.200 e. The number of H-pyrrole nitrogens is 1. The van der Waals surface area contributed by atoms with Crippen LogP contribution in [0.4, 0.5) is 43.9 Å². The Kier molecular flexibility index (Phi) is 4.89. The summed E-state index contributed by atoms with van der Waals surface area (Å²) < 4.78 is 136. The van der Waals surface area contributed by atoms with Crippen LogP contribution in [0.25, 0.3) is 22.3 Å². The highest BCUT2D eigenvalue weighted by atomic mass is 19.2. The van der Waals surface area contributed by atoms with Crippen molar-refractivity contribution in [3.8, 4) is 22.3 Å². The molecule has 2 nitrogen and oxygen atoms in total. The molecule has 0 radical (unpaired) electrons. The van der Waals surface area contributed by atoms with Gasteiger partial charge in [-0.3, -0.25) is 4.79 Å². The van der Waals surface area contributed by atoms with Gasteiger partial charge in [0.2, 0.25) is 11.6 Å². The van der Waals surface area contributed by atoms with E-state index in [0.717, 1.165) is 0 Å². The van der Waals surface area contributed by atoms with E-state index < -0.39 is 85.9 Å². The number of hydrogen-bond donors (Lipinski definition) is 1. The molecular formula is C17H3F10NO. The summed E-state index contributed by atoms with van der Waals surface area (Å²) in [5, 5.41) is 0. The van der Waals surface area contributed by atoms with Crippen LogP contribution in [0, 0.1) is 58.2 Å². The van der Waals surface area contributed by atoms with Gasteiger partial charge in [0, 0.05) is 12.4 Å². The van der Waals surface area contributed by atoms with Crippen molar-refractivity contribution in [2.24, 2.45) is 0 Å². The largest absolute Gasteiger partial charge is 0.366 e. The predicted molar refractivity (Wildman–Crippen MR) is 77.5 cm³/mol. The second-order valence-corrected chi connectivity index (χ2v) is 5.50. The summed E-state index contributed by atoms with van der Waals surface area (Å²) in [4.78, 5) is 14.4. The summed E-state index contributed by atoms with van der Waals surface area (Å²) in [5.74, 6) is -24.5. The Balaban J connectivity index is 2.41. The Morgan fingerprint density at radius 3 is 0.966 bits per heavy atom. The molecule has 0 amide bonds. The first-order valence-corrected chi connectivity index (χ1v) is 7.25. The monoisotopic (exact) mass is 427 g/mol. The van der Waals surface area contributed by atoms with Gasteiger partial charge in [-0.25, -0.2) is 43.9 Å². The second kappa shape index (κ2) is 6.94. The summed E-state index contributed by atoms with van der Waals surface area (Å²) in [6.07, 6.45) is 0.853. The molecule has 1 aromatic heterocycles. The third-order valence-electron chi connectivity index (χ3n) is 3.90. The van der Waals surface area contributed by atoms with E-state index in [1.165, 1.54) is 0 Å². The number of rotatable bonds is 2. The molecule has 0 fully saturated rings. The minimum atomic E-state index is -2.53. The van der Waals surface area contributed by atoms with Crippen LogP contribution in [0.1, 0.15) is 0 Å². The lowest BCUT2D eigenvalue weighted by molar-refractivity contribution is 0.381. The summed E-state index contributed by atoms with van der Waals surface area (Å²) in [6.45, 7) is 0. The standard InChI is InChI=1S/C17H3F10NO/c18-7-5(8(19)12(23)15(26)11(7)22)3-1-28-2-4(17(3)29)6-9(20)13(24)16(27)14(25)10(6)21/h1-2H,(H,28,29). The van der Waals surface area contributed by atoms with Gasteiger partial charge in [0.15, 0.2) is 52.0 Å². The summed E-state index contributed by atoms with van der Waals surface area (Å²) in [5.41, 5.74) is -7.89. The molecule has 1 heterocycles. The van der Waals surface area contributed by atoms with Crippen molar-refractivity contribution in [1.82, 2.24) is 4.98 Å². The SMILES string of the molecule is O=c1c(-c2c(F)c(F)c(F)c(F)c2F)c[nH]cc1-c1c(F)c(F)c(F)c(F)c1F. The number of hydrogen-bond acceptors (Lipinski definition) is 1. The van der Waals surface area contributed by atoms with Crippen LogP contribution in [0.3, 0.4) is 0 Å². The highest BCUT2D eigenvalue weighted by Gasteiger charge is 2.31. The predicted octanol–water partition coefficient (Wildman–Crippen LogP) is 5.10. The van der Waals surface area contributed by atoms with Crippen molar-refractivity contribution in [2.75, 3.05) is 0 Å². The van der Waals surface area contributed by atoms with Gasteiger partial charge in [0.25, 0.3) is 0 Å². The van der Waals surface area contributed by atoms with Gasteiger partial charge in [-0.1, -0.05) is 0 Å². The first-order chi connectivity index (χ1) is 13.5.